The third-order valence-electron chi connectivity index (χ3n) is 3.61. The van der Waals surface area contributed by atoms with Gasteiger partial charge in [0, 0.05) is 18.2 Å². The second kappa shape index (κ2) is 5.48. The van der Waals surface area contributed by atoms with E-state index in [0.717, 1.165) is 31.5 Å². The van der Waals surface area contributed by atoms with Gasteiger partial charge in [0.2, 0.25) is 5.91 Å². The van der Waals surface area contributed by atoms with Crippen molar-refractivity contribution < 1.29 is 9.90 Å². The molecule has 2 atom stereocenters. The van der Waals surface area contributed by atoms with E-state index in [1.807, 2.05) is 6.07 Å². The normalized spacial score (nSPS) is 20.5. The number of hydrogen-bond acceptors (Lipinski definition) is 4. The van der Waals surface area contributed by atoms with Gasteiger partial charge in [-0.1, -0.05) is 0 Å². The molecule has 19 heavy (non-hydrogen) atoms. The molecule has 1 aromatic rings. The first-order chi connectivity index (χ1) is 8.99. The standard InChI is InChI=1S/C14H21N3O2/c1-9(18)7-11-3-2-6-17(11)13-5-4-10(14(16)19)8-12(13)15/h4-5,8-9,11,18H,2-3,6-7,15H2,1H3,(H2,16,19). The number of nitrogens with two attached hydrogens (primary N) is 2. The van der Waals surface area contributed by atoms with Crippen molar-refractivity contribution in [3.63, 3.8) is 0 Å². The van der Waals surface area contributed by atoms with Crippen LogP contribution in [-0.2, 0) is 0 Å². The van der Waals surface area contributed by atoms with Crippen LogP contribution in [0.5, 0.6) is 0 Å². The molecular formula is C14H21N3O2. The van der Waals surface area contributed by atoms with Crippen LogP contribution in [0.1, 0.15) is 36.5 Å². The Hall–Kier alpha value is -1.75. The molecule has 1 amide bonds. The van der Waals surface area contributed by atoms with E-state index in [-0.39, 0.29) is 6.10 Å². The molecule has 0 radical (unpaired) electrons. The van der Waals surface area contributed by atoms with E-state index >= 15 is 0 Å². The highest BCUT2D eigenvalue weighted by Gasteiger charge is 2.27. The number of hydrogen-bond donors (Lipinski definition) is 3. The zero-order chi connectivity index (χ0) is 14.0. The predicted molar refractivity (Wildman–Crippen MR) is 76.0 cm³/mol. The lowest BCUT2D eigenvalue weighted by molar-refractivity contribution is 0.100. The Kier molecular flexibility index (Phi) is 3.95. The zero-order valence-corrected chi connectivity index (χ0v) is 11.2. The van der Waals surface area contributed by atoms with Gasteiger partial charge in [0.25, 0.3) is 0 Å². The summed E-state index contributed by atoms with van der Waals surface area (Å²) in [7, 11) is 0. The van der Waals surface area contributed by atoms with E-state index in [0.29, 0.717) is 17.3 Å². The number of rotatable bonds is 4. The monoisotopic (exact) mass is 263 g/mol. The molecule has 104 valence electrons. The summed E-state index contributed by atoms with van der Waals surface area (Å²) in [5.41, 5.74) is 13.2. The molecule has 2 rings (SSSR count). The molecule has 1 aliphatic heterocycles. The van der Waals surface area contributed by atoms with Crippen LogP contribution in [0.15, 0.2) is 18.2 Å². The van der Waals surface area contributed by atoms with E-state index in [1.54, 1.807) is 19.1 Å². The van der Waals surface area contributed by atoms with E-state index < -0.39 is 5.91 Å². The highest BCUT2D eigenvalue weighted by Crippen LogP contribution is 2.32. The summed E-state index contributed by atoms with van der Waals surface area (Å²) in [6, 6.07) is 5.47. The lowest BCUT2D eigenvalue weighted by Gasteiger charge is -2.29. The average Bonchev–Trinajstić information content (AvgIpc) is 2.75. The van der Waals surface area contributed by atoms with E-state index in [1.165, 1.54) is 0 Å². The molecule has 1 saturated heterocycles. The number of anilines is 2. The summed E-state index contributed by atoms with van der Waals surface area (Å²) in [5.74, 6) is -0.472. The topological polar surface area (TPSA) is 92.6 Å². The van der Waals surface area contributed by atoms with Crippen molar-refractivity contribution >= 4 is 17.3 Å². The van der Waals surface area contributed by atoms with Gasteiger partial charge in [-0.15, -0.1) is 0 Å². The number of benzene rings is 1. The van der Waals surface area contributed by atoms with Crippen LogP contribution in [0.2, 0.25) is 0 Å². The summed E-state index contributed by atoms with van der Waals surface area (Å²) >= 11 is 0. The smallest absolute Gasteiger partial charge is 0.248 e. The van der Waals surface area contributed by atoms with Crippen LogP contribution in [0.3, 0.4) is 0 Å². The number of nitrogen functional groups attached to an aromatic ring is 1. The number of aliphatic hydroxyl groups is 1. The van der Waals surface area contributed by atoms with Gasteiger partial charge >= 0.3 is 0 Å². The summed E-state index contributed by atoms with van der Waals surface area (Å²) in [6.07, 6.45) is 2.56. The molecule has 5 heteroatoms. The summed E-state index contributed by atoms with van der Waals surface area (Å²) in [6.45, 7) is 2.73. The van der Waals surface area contributed by atoms with Crippen molar-refractivity contribution in [1.82, 2.24) is 0 Å². The highest BCUT2D eigenvalue weighted by atomic mass is 16.3. The van der Waals surface area contributed by atoms with Crippen molar-refractivity contribution in [3.8, 4) is 0 Å². The number of nitrogens with zero attached hydrogens (tertiary/aromatic N) is 1. The molecule has 0 aliphatic carbocycles. The minimum atomic E-state index is -0.472. The second-order valence-corrected chi connectivity index (χ2v) is 5.21. The second-order valence-electron chi connectivity index (χ2n) is 5.21. The average molecular weight is 263 g/mol. The van der Waals surface area contributed by atoms with Gasteiger partial charge in [0.1, 0.15) is 0 Å². The molecule has 5 N–H and O–H groups in total. The van der Waals surface area contributed by atoms with E-state index in [4.69, 9.17) is 11.5 Å². The Morgan fingerprint density at radius 2 is 2.32 bits per heavy atom. The third kappa shape index (κ3) is 2.98. The first kappa shape index (κ1) is 13.7. The first-order valence-corrected chi connectivity index (χ1v) is 6.63. The Bertz CT molecular complexity index is 474. The van der Waals surface area contributed by atoms with Gasteiger partial charge in [-0.2, -0.15) is 0 Å². The number of aliphatic hydroxyl groups excluding tert-OH is 1. The van der Waals surface area contributed by atoms with Gasteiger partial charge in [0.05, 0.1) is 17.5 Å². The van der Waals surface area contributed by atoms with Crippen molar-refractivity contribution in [2.24, 2.45) is 5.73 Å². The fraction of sp³-hybridized carbons (Fsp3) is 0.500. The van der Waals surface area contributed by atoms with Gasteiger partial charge in [-0.05, 0) is 44.4 Å². The van der Waals surface area contributed by atoms with Gasteiger partial charge in [-0.25, -0.2) is 0 Å². The number of carbonyl (C=O) groups is 1. The lowest BCUT2D eigenvalue weighted by atomic mass is 10.1. The van der Waals surface area contributed by atoms with E-state index in [2.05, 4.69) is 4.90 Å². The molecule has 1 fully saturated rings. The largest absolute Gasteiger partial charge is 0.397 e. The minimum Gasteiger partial charge on any atom is -0.397 e. The van der Waals surface area contributed by atoms with Gasteiger partial charge < -0.3 is 21.5 Å². The van der Waals surface area contributed by atoms with Crippen molar-refractivity contribution in [2.45, 2.75) is 38.3 Å². The number of amides is 1. The lowest BCUT2D eigenvalue weighted by Crippen LogP contribution is -2.32. The fourth-order valence-corrected chi connectivity index (χ4v) is 2.76. The molecule has 1 heterocycles. The van der Waals surface area contributed by atoms with E-state index in [9.17, 15) is 9.90 Å². The van der Waals surface area contributed by atoms with Crippen LogP contribution < -0.4 is 16.4 Å². The predicted octanol–water partition coefficient (Wildman–Crippen LogP) is 1.11. The summed E-state index contributed by atoms with van der Waals surface area (Å²) in [5, 5.41) is 9.54. The molecule has 0 spiro atoms. The third-order valence-corrected chi connectivity index (χ3v) is 3.61. The molecule has 0 aromatic heterocycles. The highest BCUT2D eigenvalue weighted by molar-refractivity contribution is 5.95. The summed E-state index contributed by atoms with van der Waals surface area (Å²) in [4.78, 5) is 13.3. The molecule has 0 saturated carbocycles. The Morgan fingerprint density at radius 1 is 1.58 bits per heavy atom. The Balaban J connectivity index is 2.23. The van der Waals surface area contributed by atoms with Crippen LogP contribution in [-0.4, -0.2) is 29.7 Å². The maximum absolute atomic E-state index is 11.1. The Labute approximate surface area is 113 Å². The maximum Gasteiger partial charge on any atom is 0.248 e. The zero-order valence-electron chi connectivity index (χ0n) is 11.2. The van der Waals surface area contributed by atoms with Gasteiger partial charge in [0.15, 0.2) is 0 Å². The van der Waals surface area contributed by atoms with Crippen molar-refractivity contribution in [3.05, 3.63) is 23.8 Å². The first-order valence-electron chi connectivity index (χ1n) is 6.63. The van der Waals surface area contributed by atoms with Crippen molar-refractivity contribution in [2.75, 3.05) is 17.2 Å². The molecular weight excluding hydrogens is 242 g/mol. The molecule has 2 unspecified atom stereocenters. The maximum atomic E-state index is 11.1. The minimum absolute atomic E-state index is 0.307. The molecule has 0 bridgehead atoms. The Morgan fingerprint density at radius 3 is 2.89 bits per heavy atom. The SMILES string of the molecule is CC(O)CC1CCCN1c1ccc(C(N)=O)cc1N. The molecule has 1 aromatic carbocycles. The fourth-order valence-electron chi connectivity index (χ4n) is 2.76. The molecule has 1 aliphatic rings. The number of carbonyl (C=O) groups excluding carboxylic acids is 1. The van der Waals surface area contributed by atoms with Crippen LogP contribution in [0.4, 0.5) is 11.4 Å². The summed E-state index contributed by atoms with van der Waals surface area (Å²) < 4.78 is 0. The van der Waals surface area contributed by atoms with Crippen LogP contribution in [0.25, 0.3) is 0 Å². The number of primary amides is 1. The quantitative estimate of drug-likeness (QED) is 0.709. The molecule has 5 nitrogen and oxygen atoms in total. The van der Waals surface area contributed by atoms with Gasteiger partial charge in [-0.3, -0.25) is 4.79 Å². The van der Waals surface area contributed by atoms with Crippen LogP contribution in [0, 0.1) is 0 Å². The van der Waals surface area contributed by atoms with Crippen molar-refractivity contribution in [1.29, 1.82) is 0 Å². The van der Waals surface area contributed by atoms with Crippen LogP contribution >= 0.6 is 0 Å².